The second-order valence-electron chi connectivity index (χ2n) is 10.0. The van der Waals surface area contributed by atoms with E-state index in [4.69, 9.17) is 4.74 Å². The highest BCUT2D eigenvalue weighted by molar-refractivity contribution is 7.92. The van der Waals surface area contributed by atoms with Crippen LogP contribution in [-0.2, 0) is 24.8 Å². The van der Waals surface area contributed by atoms with Crippen LogP contribution in [0.2, 0.25) is 0 Å². The summed E-state index contributed by atoms with van der Waals surface area (Å²) in [4.78, 5) is 11.9. The zero-order valence-electron chi connectivity index (χ0n) is 21.4. The first-order valence-electron chi connectivity index (χ1n) is 12.1. The van der Waals surface area contributed by atoms with Crippen molar-refractivity contribution in [2.45, 2.75) is 49.5 Å². The highest BCUT2D eigenvalue weighted by Gasteiger charge is 2.51. The van der Waals surface area contributed by atoms with Crippen LogP contribution in [0.3, 0.4) is 0 Å². The highest BCUT2D eigenvalue weighted by atomic mass is 32.2. The largest absolute Gasteiger partial charge is 0.485 e. The van der Waals surface area contributed by atoms with Crippen LogP contribution < -0.4 is 19.1 Å². The van der Waals surface area contributed by atoms with Crippen LogP contribution in [-0.4, -0.2) is 59.7 Å². The Morgan fingerprint density at radius 1 is 1.07 bits per heavy atom. The summed E-state index contributed by atoms with van der Waals surface area (Å²) in [6.07, 6.45) is -5.61. The third-order valence-electron chi connectivity index (χ3n) is 6.25. The van der Waals surface area contributed by atoms with Crippen LogP contribution in [0.4, 0.5) is 33.7 Å². The lowest BCUT2D eigenvalue weighted by molar-refractivity contribution is -0.242. The number of ether oxygens (including phenoxy) is 2. The first-order valence-corrected chi connectivity index (χ1v) is 15.2. The number of fused-ring (bicyclic) bond motifs is 1. The summed E-state index contributed by atoms with van der Waals surface area (Å²) in [7, 11) is -8.00. The molecule has 2 aromatic rings. The van der Waals surface area contributed by atoms with Gasteiger partial charge in [-0.1, -0.05) is 0 Å². The van der Waals surface area contributed by atoms with Crippen LogP contribution >= 0.6 is 0 Å². The van der Waals surface area contributed by atoms with Gasteiger partial charge < -0.3 is 9.47 Å². The lowest BCUT2D eigenvalue weighted by Crippen LogP contribution is -2.48. The number of halogens is 4. The van der Waals surface area contributed by atoms with Crippen molar-refractivity contribution in [1.29, 1.82) is 0 Å². The fourth-order valence-corrected chi connectivity index (χ4v) is 6.77. The van der Waals surface area contributed by atoms with Gasteiger partial charge in [0.05, 0.1) is 22.9 Å². The summed E-state index contributed by atoms with van der Waals surface area (Å²) in [5.74, 6) is -0.640. The second-order valence-corrected chi connectivity index (χ2v) is 13.7. The van der Waals surface area contributed by atoms with Crippen LogP contribution in [0.25, 0.3) is 0 Å². The predicted octanol–water partition coefficient (Wildman–Crippen LogP) is 4.00. The number of hydrogen-bond donors (Lipinski definition) is 2. The maximum absolute atomic E-state index is 13.6. The van der Waals surface area contributed by atoms with Gasteiger partial charge in [0.1, 0.15) is 17.7 Å². The molecule has 2 aromatic carbocycles. The summed E-state index contributed by atoms with van der Waals surface area (Å²) in [5, 5.41) is 2.14. The molecule has 1 unspecified atom stereocenters. The number of alkyl halides is 3. The molecule has 1 atom stereocenters. The number of rotatable bonds is 9. The van der Waals surface area contributed by atoms with Crippen LogP contribution in [0.5, 0.6) is 5.75 Å². The predicted molar refractivity (Wildman–Crippen MR) is 137 cm³/mol. The molecule has 0 radical (unpaired) electrons. The van der Waals surface area contributed by atoms with Crippen molar-refractivity contribution in [1.82, 2.24) is 4.72 Å². The molecule has 1 aliphatic carbocycles. The molecule has 0 bridgehead atoms. The Kier molecular flexibility index (Phi) is 7.99. The summed E-state index contributed by atoms with van der Waals surface area (Å²) < 4.78 is 118. The summed E-state index contributed by atoms with van der Waals surface area (Å²) in [6, 6.07) is 7.69. The van der Waals surface area contributed by atoms with Gasteiger partial charge in [-0.3, -0.25) is 9.62 Å². The Morgan fingerprint density at radius 3 is 2.33 bits per heavy atom. The molecule has 1 aliphatic heterocycles. The molecule has 0 spiro atoms. The molecule has 1 saturated carbocycles. The smallest absolute Gasteiger partial charge is 0.427 e. The number of nitrogens with zero attached hydrogens (tertiary/aromatic N) is 1. The number of amides is 1. The van der Waals surface area contributed by atoms with Gasteiger partial charge in [0.25, 0.3) is 10.0 Å². The number of hydrogen-bond acceptors (Lipinski definition) is 7. The van der Waals surface area contributed by atoms with Crippen molar-refractivity contribution in [3.63, 3.8) is 0 Å². The average Bonchev–Trinajstić information content (AvgIpc) is 3.65. The minimum absolute atomic E-state index is 0.00198. The van der Waals surface area contributed by atoms with E-state index in [-0.39, 0.29) is 46.8 Å². The van der Waals surface area contributed by atoms with E-state index in [1.807, 2.05) is 0 Å². The van der Waals surface area contributed by atoms with Gasteiger partial charge in [0, 0.05) is 12.2 Å². The number of carbonyl (C=O) groups is 1. The van der Waals surface area contributed by atoms with Crippen LogP contribution in [0, 0.1) is 11.7 Å². The molecule has 2 N–H and O–H groups in total. The van der Waals surface area contributed by atoms with Crippen LogP contribution in [0.1, 0.15) is 26.7 Å². The number of benzene rings is 2. The second kappa shape index (κ2) is 10.7. The molecule has 220 valence electrons. The molecule has 0 saturated heterocycles. The summed E-state index contributed by atoms with van der Waals surface area (Å²) >= 11 is 0. The van der Waals surface area contributed by atoms with E-state index in [1.165, 1.54) is 12.1 Å². The maximum Gasteiger partial charge on any atom is 0.427 e. The Hall–Kier alpha value is -3.11. The van der Waals surface area contributed by atoms with E-state index in [1.54, 1.807) is 0 Å². The topological polar surface area (TPSA) is 131 Å². The fraction of sp³-hybridized carbons (Fsp3) is 0.458. The molecule has 1 heterocycles. The average molecular weight is 610 g/mol. The Bertz CT molecular complexity index is 1480. The monoisotopic (exact) mass is 609 g/mol. The van der Waals surface area contributed by atoms with Crippen molar-refractivity contribution >= 4 is 37.5 Å². The van der Waals surface area contributed by atoms with Gasteiger partial charge in [-0.25, -0.2) is 30.7 Å². The number of carbonyl (C=O) groups excluding carboxylic acids is 1. The zero-order chi connectivity index (χ0) is 29.5. The number of anilines is 2. The molecule has 1 fully saturated rings. The highest BCUT2D eigenvalue weighted by Crippen LogP contribution is 2.39. The Labute approximate surface area is 228 Å². The first-order chi connectivity index (χ1) is 18.5. The third-order valence-corrected chi connectivity index (χ3v) is 9.56. The normalized spacial score (nSPS) is 18.1. The van der Waals surface area contributed by atoms with Crippen molar-refractivity contribution < 1.29 is 48.7 Å². The van der Waals surface area contributed by atoms with Crippen molar-refractivity contribution in [2.75, 3.05) is 28.5 Å². The SMILES string of the molecule is CC(C)(OC(=O)Nc1ccc2c(c1)N(S(=O)(=O)c1ccc(F)cc1)CC(CNS(=O)(=O)CC1CC1)O2)C(F)(F)F. The molecule has 0 aromatic heterocycles. The van der Waals surface area contributed by atoms with Gasteiger partial charge >= 0.3 is 12.3 Å². The van der Waals surface area contributed by atoms with E-state index in [9.17, 15) is 39.2 Å². The van der Waals surface area contributed by atoms with E-state index in [0.717, 1.165) is 47.5 Å². The number of nitrogens with one attached hydrogen (secondary N) is 2. The summed E-state index contributed by atoms with van der Waals surface area (Å²) in [5.41, 5.74) is -2.99. The quantitative estimate of drug-likeness (QED) is 0.411. The Balaban J connectivity index is 1.61. The van der Waals surface area contributed by atoms with Crippen molar-refractivity contribution in [2.24, 2.45) is 5.92 Å². The van der Waals surface area contributed by atoms with Gasteiger partial charge in [-0.15, -0.1) is 0 Å². The van der Waals surface area contributed by atoms with E-state index < -0.39 is 49.8 Å². The van der Waals surface area contributed by atoms with E-state index in [0.29, 0.717) is 13.8 Å². The molecule has 2 aliphatic rings. The minimum Gasteiger partial charge on any atom is -0.485 e. The molecule has 4 rings (SSSR count). The summed E-state index contributed by atoms with van der Waals surface area (Å²) in [6.45, 7) is 0.725. The fourth-order valence-electron chi connectivity index (χ4n) is 3.76. The molecule has 1 amide bonds. The minimum atomic E-state index is -4.84. The van der Waals surface area contributed by atoms with Gasteiger partial charge in [0.15, 0.2) is 0 Å². The number of sulfonamides is 2. The van der Waals surface area contributed by atoms with E-state index in [2.05, 4.69) is 14.8 Å². The van der Waals surface area contributed by atoms with Crippen molar-refractivity contribution in [3.8, 4) is 5.75 Å². The molecule has 16 heteroatoms. The molecule has 40 heavy (non-hydrogen) atoms. The lowest BCUT2D eigenvalue weighted by Gasteiger charge is -2.36. The van der Waals surface area contributed by atoms with Crippen LogP contribution in [0.15, 0.2) is 47.4 Å². The molecular formula is C24H27F4N3O7S2. The van der Waals surface area contributed by atoms with Gasteiger partial charge in [0.2, 0.25) is 15.6 Å². The van der Waals surface area contributed by atoms with E-state index >= 15 is 0 Å². The Morgan fingerprint density at radius 2 is 1.73 bits per heavy atom. The van der Waals surface area contributed by atoms with Crippen molar-refractivity contribution in [3.05, 3.63) is 48.3 Å². The molecule has 10 nitrogen and oxygen atoms in total. The zero-order valence-corrected chi connectivity index (χ0v) is 23.0. The first kappa shape index (κ1) is 29.9. The lowest BCUT2D eigenvalue weighted by atomic mass is 10.1. The van der Waals surface area contributed by atoms with Gasteiger partial charge in [-0.05, 0) is 75.1 Å². The molecular weight excluding hydrogens is 582 g/mol. The standard InChI is InChI=1S/C24H27F4N3O7S2/c1-23(2,24(26,27)28)38-22(32)30-17-7-10-21-20(11-17)31(40(35,36)19-8-5-16(25)6-9-19)13-18(37-21)12-29-39(33,34)14-15-3-4-15/h5-11,15,18,29H,3-4,12-14H2,1-2H3,(H,30,32). The van der Waals surface area contributed by atoms with Gasteiger partial charge in [-0.2, -0.15) is 13.2 Å². The maximum atomic E-state index is 13.6. The third kappa shape index (κ3) is 6.96.